The number of aromatic nitrogens is 2. The molecule has 0 saturated heterocycles. The van der Waals surface area contributed by atoms with E-state index in [2.05, 4.69) is 34.4 Å². The van der Waals surface area contributed by atoms with E-state index in [4.69, 9.17) is 5.73 Å². The topological polar surface area (TPSA) is 75.9 Å². The van der Waals surface area contributed by atoms with Crippen molar-refractivity contribution < 1.29 is 0 Å². The van der Waals surface area contributed by atoms with Gasteiger partial charge in [-0.2, -0.15) is 0 Å². The lowest BCUT2D eigenvalue weighted by Gasteiger charge is -2.25. The minimum absolute atomic E-state index is 0.172. The Hall–Kier alpha value is -1.36. The first-order chi connectivity index (χ1) is 8.36. The molecule has 0 fully saturated rings. The van der Waals surface area contributed by atoms with Crippen molar-refractivity contribution in [1.82, 2.24) is 9.97 Å². The second-order valence-electron chi connectivity index (χ2n) is 5.35. The number of nitrogens with one attached hydrogen (secondary N) is 2. The van der Waals surface area contributed by atoms with Crippen LogP contribution in [0.2, 0.25) is 0 Å². The van der Waals surface area contributed by atoms with Crippen molar-refractivity contribution in [2.24, 2.45) is 5.73 Å². The Balaban J connectivity index is 2.87. The summed E-state index contributed by atoms with van der Waals surface area (Å²) >= 11 is 0. The molecule has 0 aliphatic heterocycles. The van der Waals surface area contributed by atoms with Crippen molar-refractivity contribution in [1.29, 1.82) is 0 Å². The zero-order chi connectivity index (χ0) is 13.8. The summed E-state index contributed by atoms with van der Waals surface area (Å²) in [7, 11) is 0. The molecular weight excluding hydrogens is 226 g/mol. The molecule has 0 aromatic carbocycles. The zero-order valence-corrected chi connectivity index (χ0v) is 12.0. The summed E-state index contributed by atoms with van der Waals surface area (Å²) in [6.07, 6.45) is 1.06. The van der Waals surface area contributed by atoms with Crippen LogP contribution in [-0.2, 0) is 0 Å². The first kappa shape index (κ1) is 14.7. The Labute approximate surface area is 110 Å². The minimum Gasteiger partial charge on any atom is -0.367 e. The molecule has 4 N–H and O–H groups in total. The standard InChI is InChI=1S/C13H25N5/c1-6-9(2)15-11-7-12(17-10(3)16-11)18-13(4,5)8-14/h7,9H,6,8,14H2,1-5H3,(H2,15,16,17,18). The summed E-state index contributed by atoms with van der Waals surface area (Å²) in [5.74, 6) is 2.41. The maximum atomic E-state index is 5.71. The fourth-order valence-electron chi connectivity index (χ4n) is 1.46. The molecule has 1 aromatic heterocycles. The fourth-order valence-corrected chi connectivity index (χ4v) is 1.46. The summed E-state index contributed by atoms with van der Waals surface area (Å²) in [6, 6.07) is 2.32. The molecule has 1 rings (SSSR count). The molecule has 5 nitrogen and oxygen atoms in total. The van der Waals surface area contributed by atoms with E-state index in [1.165, 1.54) is 0 Å². The van der Waals surface area contributed by atoms with E-state index in [0.717, 1.165) is 23.9 Å². The minimum atomic E-state index is -0.172. The Morgan fingerprint density at radius 1 is 1.33 bits per heavy atom. The molecular formula is C13H25N5. The van der Waals surface area contributed by atoms with Crippen LogP contribution in [-0.4, -0.2) is 28.1 Å². The molecule has 0 aliphatic rings. The first-order valence-corrected chi connectivity index (χ1v) is 6.46. The van der Waals surface area contributed by atoms with Crippen molar-refractivity contribution in [3.05, 3.63) is 11.9 Å². The maximum Gasteiger partial charge on any atom is 0.132 e. The second kappa shape index (κ2) is 6.00. The van der Waals surface area contributed by atoms with E-state index >= 15 is 0 Å². The quantitative estimate of drug-likeness (QED) is 0.722. The van der Waals surface area contributed by atoms with Crippen LogP contribution >= 0.6 is 0 Å². The van der Waals surface area contributed by atoms with Gasteiger partial charge in [0, 0.05) is 24.2 Å². The summed E-state index contributed by atoms with van der Waals surface area (Å²) in [4.78, 5) is 8.77. The molecule has 0 aliphatic carbocycles. The largest absolute Gasteiger partial charge is 0.367 e. The lowest BCUT2D eigenvalue weighted by Crippen LogP contribution is -2.39. The van der Waals surface area contributed by atoms with Gasteiger partial charge in [0.25, 0.3) is 0 Å². The SMILES string of the molecule is CCC(C)Nc1cc(NC(C)(C)CN)nc(C)n1. The molecule has 102 valence electrons. The lowest BCUT2D eigenvalue weighted by molar-refractivity contribution is 0.577. The molecule has 18 heavy (non-hydrogen) atoms. The third-order valence-corrected chi connectivity index (χ3v) is 2.82. The van der Waals surface area contributed by atoms with Crippen molar-refractivity contribution in [2.45, 2.75) is 52.6 Å². The van der Waals surface area contributed by atoms with Gasteiger partial charge >= 0.3 is 0 Å². The molecule has 1 aromatic rings. The smallest absolute Gasteiger partial charge is 0.132 e. The third-order valence-electron chi connectivity index (χ3n) is 2.82. The molecule has 1 atom stereocenters. The summed E-state index contributed by atoms with van der Waals surface area (Å²) in [5, 5.41) is 6.68. The van der Waals surface area contributed by atoms with Crippen LogP contribution in [0.3, 0.4) is 0 Å². The van der Waals surface area contributed by atoms with Gasteiger partial charge in [0.05, 0.1) is 0 Å². The summed E-state index contributed by atoms with van der Waals surface area (Å²) in [5.41, 5.74) is 5.54. The number of hydrogen-bond acceptors (Lipinski definition) is 5. The fraction of sp³-hybridized carbons (Fsp3) is 0.692. The zero-order valence-electron chi connectivity index (χ0n) is 12.0. The molecule has 0 spiro atoms. The predicted molar refractivity (Wildman–Crippen MR) is 76.9 cm³/mol. The highest BCUT2D eigenvalue weighted by atomic mass is 15.1. The van der Waals surface area contributed by atoms with Gasteiger partial charge in [-0.25, -0.2) is 9.97 Å². The number of anilines is 2. The highest BCUT2D eigenvalue weighted by Gasteiger charge is 2.16. The van der Waals surface area contributed by atoms with Crippen molar-refractivity contribution in [3.63, 3.8) is 0 Å². The highest BCUT2D eigenvalue weighted by molar-refractivity contribution is 5.49. The molecule has 0 saturated carbocycles. The van der Waals surface area contributed by atoms with Gasteiger partial charge in [0.1, 0.15) is 17.5 Å². The molecule has 0 radical (unpaired) electrons. The molecule has 1 unspecified atom stereocenters. The Bertz CT molecular complexity index is 389. The van der Waals surface area contributed by atoms with Crippen molar-refractivity contribution in [2.75, 3.05) is 17.2 Å². The Morgan fingerprint density at radius 3 is 2.50 bits per heavy atom. The molecule has 0 bridgehead atoms. The van der Waals surface area contributed by atoms with E-state index in [9.17, 15) is 0 Å². The predicted octanol–water partition coefficient (Wildman–Crippen LogP) is 2.14. The number of aryl methyl sites for hydroxylation is 1. The average molecular weight is 251 g/mol. The van der Waals surface area contributed by atoms with E-state index in [1.807, 2.05) is 26.8 Å². The third kappa shape index (κ3) is 4.49. The summed E-state index contributed by atoms with van der Waals surface area (Å²) in [6.45, 7) is 10.8. The number of rotatable bonds is 6. The number of nitrogens with two attached hydrogens (primary N) is 1. The molecule has 0 amide bonds. The van der Waals surface area contributed by atoms with Gasteiger partial charge in [0.2, 0.25) is 0 Å². The number of nitrogens with zero attached hydrogens (tertiary/aromatic N) is 2. The van der Waals surface area contributed by atoms with E-state index in [-0.39, 0.29) is 5.54 Å². The van der Waals surface area contributed by atoms with Crippen LogP contribution in [0.25, 0.3) is 0 Å². The normalized spacial score (nSPS) is 13.2. The average Bonchev–Trinajstić information content (AvgIpc) is 2.27. The van der Waals surface area contributed by atoms with Gasteiger partial charge < -0.3 is 16.4 Å². The van der Waals surface area contributed by atoms with Gasteiger partial charge in [0.15, 0.2) is 0 Å². The van der Waals surface area contributed by atoms with Crippen LogP contribution in [0.5, 0.6) is 0 Å². The van der Waals surface area contributed by atoms with Gasteiger partial charge in [-0.15, -0.1) is 0 Å². The van der Waals surface area contributed by atoms with E-state index < -0.39 is 0 Å². The van der Waals surface area contributed by atoms with Gasteiger partial charge in [-0.05, 0) is 34.1 Å². The van der Waals surface area contributed by atoms with Crippen LogP contribution in [0.4, 0.5) is 11.6 Å². The number of hydrogen-bond donors (Lipinski definition) is 3. The van der Waals surface area contributed by atoms with Crippen LogP contribution < -0.4 is 16.4 Å². The lowest BCUT2D eigenvalue weighted by atomic mass is 10.1. The van der Waals surface area contributed by atoms with E-state index in [1.54, 1.807) is 0 Å². The Kier molecular flexibility index (Phi) is 4.90. The Morgan fingerprint density at radius 2 is 1.94 bits per heavy atom. The maximum absolute atomic E-state index is 5.71. The highest BCUT2D eigenvalue weighted by Crippen LogP contribution is 2.16. The van der Waals surface area contributed by atoms with Crippen molar-refractivity contribution >= 4 is 11.6 Å². The second-order valence-corrected chi connectivity index (χ2v) is 5.35. The summed E-state index contributed by atoms with van der Waals surface area (Å²) < 4.78 is 0. The molecule has 1 heterocycles. The van der Waals surface area contributed by atoms with Crippen LogP contribution in [0.1, 0.15) is 39.9 Å². The van der Waals surface area contributed by atoms with Crippen molar-refractivity contribution in [3.8, 4) is 0 Å². The van der Waals surface area contributed by atoms with Gasteiger partial charge in [-0.1, -0.05) is 6.92 Å². The van der Waals surface area contributed by atoms with E-state index in [0.29, 0.717) is 12.6 Å². The van der Waals surface area contributed by atoms with Gasteiger partial charge in [-0.3, -0.25) is 0 Å². The van der Waals surface area contributed by atoms with Crippen LogP contribution in [0, 0.1) is 6.92 Å². The van der Waals surface area contributed by atoms with Crippen LogP contribution in [0.15, 0.2) is 6.07 Å². The monoisotopic (exact) mass is 251 g/mol. The first-order valence-electron chi connectivity index (χ1n) is 6.46. The molecule has 5 heteroatoms.